The molecule has 1 atom stereocenters. The smallest absolute Gasteiger partial charge is 0.317 e. The van der Waals surface area contributed by atoms with Gasteiger partial charge in [-0.2, -0.15) is 0 Å². The molecular weight excluding hydrogens is 524 g/mol. The van der Waals surface area contributed by atoms with Gasteiger partial charge in [-0.1, -0.05) is 61.5 Å². The molecule has 4 rings (SSSR count). The van der Waals surface area contributed by atoms with E-state index in [2.05, 4.69) is 46.1 Å². The van der Waals surface area contributed by atoms with Crippen LogP contribution >= 0.6 is 0 Å². The maximum absolute atomic E-state index is 13.0. The van der Waals surface area contributed by atoms with E-state index in [4.69, 9.17) is 9.29 Å². The number of carbonyl (C=O) groups excluding carboxylic acids is 1. The first-order valence-corrected chi connectivity index (χ1v) is 15.1. The lowest BCUT2D eigenvalue weighted by atomic mass is 10.0. The Balaban J connectivity index is 1.21. The summed E-state index contributed by atoms with van der Waals surface area (Å²) in [7, 11) is 0. The molecule has 0 aromatic heterocycles. The molecular formula is C31H40N4O4S. The van der Waals surface area contributed by atoms with Gasteiger partial charge in [-0.15, -0.1) is 0 Å². The van der Waals surface area contributed by atoms with Crippen molar-refractivity contribution in [2.75, 3.05) is 26.2 Å². The van der Waals surface area contributed by atoms with E-state index in [9.17, 15) is 9.00 Å². The summed E-state index contributed by atoms with van der Waals surface area (Å²) in [5, 5.41) is 3.14. The highest BCUT2D eigenvalue weighted by Gasteiger charge is 2.27. The van der Waals surface area contributed by atoms with Crippen molar-refractivity contribution in [3.8, 4) is 11.5 Å². The Kier molecular flexibility index (Phi) is 11.5. The second-order valence-corrected chi connectivity index (χ2v) is 10.9. The lowest BCUT2D eigenvalue weighted by Gasteiger charge is -2.38. The molecule has 1 unspecified atom stereocenters. The van der Waals surface area contributed by atoms with Gasteiger partial charge in [0.25, 0.3) is 0 Å². The van der Waals surface area contributed by atoms with Gasteiger partial charge in [-0.05, 0) is 66.6 Å². The second-order valence-electron chi connectivity index (χ2n) is 10.1. The zero-order chi connectivity index (χ0) is 28.2. The number of hydrogen-bond acceptors (Lipinski definition) is 4. The molecule has 1 fully saturated rings. The molecule has 3 aromatic rings. The normalized spacial score (nSPS) is 14.9. The molecule has 3 aromatic carbocycles. The third-order valence-corrected chi connectivity index (χ3v) is 7.54. The SMILES string of the molecule is CCCN(C(=O)NCCc1ccccc1)C1CCN(Cc2ccc(Oc3ccc(CNS(=O)O)cc3)cc2)CC1. The van der Waals surface area contributed by atoms with Crippen molar-refractivity contribution in [2.24, 2.45) is 0 Å². The van der Waals surface area contributed by atoms with Crippen LogP contribution in [0.4, 0.5) is 4.79 Å². The number of ether oxygens (including phenoxy) is 1. The Hall–Kier alpha value is -3.24. The summed E-state index contributed by atoms with van der Waals surface area (Å²) >= 11 is -2.03. The molecule has 1 aliphatic rings. The Morgan fingerprint density at radius 1 is 0.950 bits per heavy atom. The van der Waals surface area contributed by atoms with Gasteiger partial charge in [0.1, 0.15) is 11.5 Å². The minimum Gasteiger partial charge on any atom is -0.457 e. The number of rotatable bonds is 13. The van der Waals surface area contributed by atoms with Gasteiger partial charge in [0.15, 0.2) is 0 Å². The highest BCUT2D eigenvalue weighted by molar-refractivity contribution is 7.77. The number of nitrogens with zero attached hydrogens (tertiary/aromatic N) is 2. The Bertz CT molecular complexity index is 1200. The van der Waals surface area contributed by atoms with Crippen molar-refractivity contribution in [3.05, 3.63) is 95.6 Å². The Labute approximate surface area is 240 Å². The van der Waals surface area contributed by atoms with Crippen molar-refractivity contribution in [1.29, 1.82) is 0 Å². The topological polar surface area (TPSA) is 94.1 Å². The summed E-state index contributed by atoms with van der Waals surface area (Å²) < 4.78 is 28.0. The van der Waals surface area contributed by atoms with E-state index in [-0.39, 0.29) is 12.1 Å². The van der Waals surface area contributed by atoms with Crippen molar-refractivity contribution >= 4 is 17.3 Å². The average molecular weight is 565 g/mol. The summed E-state index contributed by atoms with van der Waals surface area (Å²) in [6.07, 6.45) is 3.75. The van der Waals surface area contributed by atoms with Crippen LogP contribution in [0.5, 0.6) is 11.5 Å². The van der Waals surface area contributed by atoms with Crippen molar-refractivity contribution in [3.63, 3.8) is 0 Å². The average Bonchev–Trinajstić information content (AvgIpc) is 2.97. The van der Waals surface area contributed by atoms with Crippen LogP contribution in [0, 0.1) is 0 Å². The summed E-state index contributed by atoms with van der Waals surface area (Å²) in [6, 6.07) is 26.2. The monoisotopic (exact) mass is 564 g/mol. The van der Waals surface area contributed by atoms with Crippen LogP contribution in [0.1, 0.15) is 42.9 Å². The van der Waals surface area contributed by atoms with E-state index in [1.165, 1.54) is 11.1 Å². The minimum absolute atomic E-state index is 0.0553. The van der Waals surface area contributed by atoms with Crippen LogP contribution in [0.15, 0.2) is 78.9 Å². The van der Waals surface area contributed by atoms with Gasteiger partial charge in [0.2, 0.25) is 11.3 Å². The maximum Gasteiger partial charge on any atom is 0.317 e. The third kappa shape index (κ3) is 9.45. The molecule has 3 N–H and O–H groups in total. The summed E-state index contributed by atoms with van der Waals surface area (Å²) in [4.78, 5) is 17.5. The van der Waals surface area contributed by atoms with E-state index in [0.29, 0.717) is 18.8 Å². The first kappa shape index (κ1) is 29.7. The molecule has 0 aliphatic carbocycles. The van der Waals surface area contributed by atoms with E-state index >= 15 is 0 Å². The summed E-state index contributed by atoms with van der Waals surface area (Å²) in [5.74, 6) is 1.47. The van der Waals surface area contributed by atoms with E-state index in [0.717, 1.165) is 63.2 Å². The van der Waals surface area contributed by atoms with Crippen molar-refractivity contribution in [2.45, 2.75) is 51.7 Å². The zero-order valence-corrected chi connectivity index (χ0v) is 23.9. The number of hydrogen-bond donors (Lipinski definition) is 3. The van der Waals surface area contributed by atoms with Crippen LogP contribution in [0.25, 0.3) is 0 Å². The van der Waals surface area contributed by atoms with Gasteiger partial charge < -0.3 is 15.0 Å². The number of amides is 2. The van der Waals surface area contributed by atoms with Crippen LogP contribution in [0.3, 0.4) is 0 Å². The molecule has 1 heterocycles. The van der Waals surface area contributed by atoms with Crippen molar-refractivity contribution < 1.29 is 18.3 Å². The first-order valence-electron chi connectivity index (χ1n) is 14.0. The van der Waals surface area contributed by atoms with Gasteiger partial charge in [0, 0.05) is 45.3 Å². The van der Waals surface area contributed by atoms with Gasteiger partial charge in [-0.25, -0.2) is 13.7 Å². The largest absolute Gasteiger partial charge is 0.457 e. The maximum atomic E-state index is 13.0. The molecule has 0 spiro atoms. The number of nitrogens with one attached hydrogen (secondary N) is 2. The lowest BCUT2D eigenvalue weighted by molar-refractivity contribution is 0.117. The Morgan fingerprint density at radius 2 is 1.57 bits per heavy atom. The number of likely N-dealkylation sites (tertiary alicyclic amines) is 1. The van der Waals surface area contributed by atoms with Crippen molar-refractivity contribution in [1.82, 2.24) is 19.8 Å². The van der Waals surface area contributed by atoms with E-state index in [1.54, 1.807) is 0 Å². The predicted octanol–water partition coefficient (Wildman–Crippen LogP) is 5.33. The third-order valence-electron chi connectivity index (χ3n) is 7.14. The highest BCUT2D eigenvalue weighted by atomic mass is 32.2. The molecule has 8 nitrogen and oxygen atoms in total. The van der Waals surface area contributed by atoms with Gasteiger partial charge >= 0.3 is 6.03 Å². The molecule has 9 heteroatoms. The highest BCUT2D eigenvalue weighted by Crippen LogP contribution is 2.24. The molecule has 214 valence electrons. The minimum atomic E-state index is -2.03. The predicted molar refractivity (Wildman–Crippen MR) is 159 cm³/mol. The van der Waals surface area contributed by atoms with Crippen LogP contribution in [-0.2, 0) is 30.8 Å². The molecule has 1 aliphatic heterocycles. The zero-order valence-electron chi connectivity index (χ0n) is 23.1. The number of piperidine rings is 1. The quantitative estimate of drug-likeness (QED) is 0.244. The molecule has 0 radical (unpaired) electrons. The van der Waals surface area contributed by atoms with Crippen LogP contribution in [-0.4, -0.2) is 56.8 Å². The van der Waals surface area contributed by atoms with E-state index < -0.39 is 11.3 Å². The van der Waals surface area contributed by atoms with Crippen LogP contribution in [0.2, 0.25) is 0 Å². The van der Waals surface area contributed by atoms with Gasteiger partial charge in [-0.3, -0.25) is 9.45 Å². The molecule has 40 heavy (non-hydrogen) atoms. The fraction of sp³-hybridized carbons (Fsp3) is 0.387. The van der Waals surface area contributed by atoms with E-state index in [1.807, 2.05) is 59.5 Å². The number of carbonyl (C=O) groups is 1. The summed E-state index contributed by atoms with van der Waals surface area (Å²) in [5.41, 5.74) is 3.36. The Morgan fingerprint density at radius 3 is 2.17 bits per heavy atom. The molecule has 0 saturated carbocycles. The van der Waals surface area contributed by atoms with Gasteiger partial charge in [0.05, 0.1) is 0 Å². The lowest BCUT2D eigenvalue weighted by Crippen LogP contribution is -2.51. The number of urea groups is 1. The first-order chi connectivity index (χ1) is 19.5. The number of benzene rings is 3. The molecule has 1 saturated heterocycles. The molecule has 2 amide bonds. The second kappa shape index (κ2) is 15.5. The fourth-order valence-corrected chi connectivity index (χ4v) is 5.31. The summed E-state index contributed by atoms with van der Waals surface area (Å²) in [6.45, 7) is 6.68. The fourth-order valence-electron chi connectivity index (χ4n) is 5.02. The molecule has 0 bridgehead atoms. The van der Waals surface area contributed by atoms with Crippen LogP contribution < -0.4 is 14.8 Å². The standard InChI is InChI=1S/C31H40N4O4S/c1-2-20-35(31(36)32-19-16-25-6-4-3-5-7-25)28-17-21-34(22-18-28)24-27-10-14-30(15-11-27)39-29-12-8-26(9-13-29)23-33-40(37)38/h3-15,28,33H,2,16-24H2,1H3,(H,32,36)(H,37,38).